The fraction of sp³-hybridized carbons (Fsp3) is 0.412. The molecular formula is C17H22FN3O2. The highest BCUT2D eigenvalue weighted by Gasteiger charge is 2.21. The van der Waals surface area contributed by atoms with Gasteiger partial charge in [-0.15, -0.1) is 0 Å². The minimum Gasteiger partial charge on any atom is -0.386 e. The SMILES string of the molecule is CC(C)c1cc(C(=O)NC(C)C(O)c2ccc(F)cc2)n(C)n1. The van der Waals surface area contributed by atoms with Crippen LogP contribution in [-0.2, 0) is 7.05 Å². The van der Waals surface area contributed by atoms with E-state index in [2.05, 4.69) is 10.4 Å². The topological polar surface area (TPSA) is 67.2 Å². The molecule has 0 saturated heterocycles. The van der Waals surface area contributed by atoms with Crippen molar-refractivity contribution in [1.82, 2.24) is 15.1 Å². The predicted octanol–water partition coefficient (Wildman–Crippen LogP) is 2.53. The number of aliphatic hydroxyl groups is 1. The van der Waals surface area contributed by atoms with Gasteiger partial charge in [0.05, 0.1) is 17.8 Å². The Morgan fingerprint density at radius 3 is 2.39 bits per heavy atom. The summed E-state index contributed by atoms with van der Waals surface area (Å²) < 4.78 is 14.5. The summed E-state index contributed by atoms with van der Waals surface area (Å²) in [5, 5.41) is 17.3. The second-order valence-corrected chi connectivity index (χ2v) is 5.99. The van der Waals surface area contributed by atoms with Crippen LogP contribution in [0, 0.1) is 5.82 Å². The van der Waals surface area contributed by atoms with E-state index in [1.165, 1.54) is 28.9 Å². The van der Waals surface area contributed by atoms with Gasteiger partial charge in [-0.2, -0.15) is 5.10 Å². The molecule has 2 unspecified atom stereocenters. The predicted molar refractivity (Wildman–Crippen MR) is 85.6 cm³/mol. The fourth-order valence-corrected chi connectivity index (χ4v) is 2.29. The van der Waals surface area contributed by atoms with Gasteiger partial charge >= 0.3 is 0 Å². The Labute approximate surface area is 135 Å². The van der Waals surface area contributed by atoms with Crippen LogP contribution in [0.4, 0.5) is 4.39 Å². The number of hydrogen-bond acceptors (Lipinski definition) is 3. The van der Waals surface area contributed by atoms with Crippen molar-refractivity contribution in [3.05, 3.63) is 53.1 Å². The average Bonchev–Trinajstić information content (AvgIpc) is 2.89. The molecule has 2 N–H and O–H groups in total. The van der Waals surface area contributed by atoms with Crippen molar-refractivity contribution >= 4 is 5.91 Å². The molecule has 0 bridgehead atoms. The second-order valence-electron chi connectivity index (χ2n) is 5.99. The Kier molecular flexibility index (Phi) is 5.15. The number of halogens is 1. The Hall–Kier alpha value is -2.21. The summed E-state index contributed by atoms with van der Waals surface area (Å²) in [5.41, 5.74) is 1.82. The normalized spacial score (nSPS) is 13.9. The molecule has 2 aromatic rings. The van der Waals surface area contributed by atoms with Crippen molar-refractivity contribution in [2.45, 2.75) is 38.8 Å². The lowest BCUT2D eigenvalue weighted by atomic mass is 10.0. The summed E-state index contributed by atoms with van der Waals surface area (Å²) >= 11 is 0. The van der Waals surface area contributed by atoms with Crippen molar-refractivity contribution in [1.29, 1.82) is 0 Å². The van der Waals surface area contributed by atoms with Gasteiger partial charge in [0.15, 0.2) is 0 Å². The third-order valence-corrected chi connectivity index (χ3v) is 3.77. The lowest BCUT2D eigenvalue weighted by Crippen LogP contribution is -2.37. The summed E-state index contributed by atoms with van der Waals surface area (Å²) in [7, 11) is 1.71. The van der Waals surface area contributed by atoms with Gasteiger partial charge in [-0.3, -0.25) is 9.48 Å². The van der Waals surface area contributed by atoms with Gasteiger partial charge < -0.3 is 10.4 Å². The molecule has 1 aromatic carbocycles. The smallest absolute Gasteiger partial charge is 0.269 e. The molecule has 0 aliphatic carbocycles. The third-order valence-electron chi connectivity index (χ3n) is 3.77. The van der Waals surface area contributed by atoms with E-state index in [0.29, 0.717) is 11.3 Å². The molecule has 0 spiro atoms. The standard InChI is InChI=1S/C17H22FN3O2/c1-10(2)14-9-15(21(4)20-14)17(23)19-11(3)16(22)12-5-7-13(18)8-6-12/h5-11,16,22H,1-4H3,(H,19,23). The zero-order valence-electron chi connectivity index (χ0n) is 13.7. The first-order valence-corrected chi connectivity index (χ1v) is 7.58. The van der Waals surface area contributed by atoms with Crippen LogP contribution in [0.2, 0.25) is 0 Å². The van der Waals surface area contributed by atoms with Gasteiger partial charge in [-0.1, -0.05) is 26.0 Å². The molecule has 0 aliphatic rings. The maximum absolute atomic E-state index is 12.9. The minimum atomic E-state index is -0.919. The van der Waals surface area contributed by atoms with E-state index in [1.54, 1.807) is 20.0 Å². The van der Waals surface area contributed by atoms with E-state index in [4.69, 9.17) is 0 Å². The molecule has 5 nitrogen and oxygen atoms in total. The van der Waals surface area contributed by atoms with E-state index in [9.17, 15) is 14.3 Å². The van der Waals surface area contributed by atoms with Crippen molar-refractivity contribution in [2.75, 3.05) is 0 Å². The maximum Gasteiger partial charge on any atom is 0.269 e. The van der Waals surface area contributed by atoms with Gasteiger partial charge in [0, 0.05) is 7.05 Å². The average molecular weight is 319 g/mol. The number of rotatable bonds is 5. The largest absolute Gasteiger partial charge is 0.386 e. The van der Waals surface area contributed by atoms with Crippen LogP contribution in [0.5, 0.6) is 0 Å². The van der Waals surface area contributed by atoms with E-state index >= 15 is 0 Å². The molecule has 23 heavy (non-hydrogen) atoms. The number of hydrogen-bond donors (Lipinski definition) is 2. The Balaban J connectivity index is 2.08. The molecule has 2 atom stereocenters. The summed E-state index contributed by atoms with van der Waals surface area (Å²) in [4.78, 5) is 12.4. The van der Waals surface area contributed by atoms with Crippen molar-refractivity contribution in [2.24, 2.45) is 7.05 Å². The van der Waals surface area contributed by atoms with Gasteiger partial charge in [-0.25, -0.2) is 4.39 Å². The van der Waals surface area contributed by atoms with Crippen LogP contribution in [-0.4, -0.2) is 26.8 Å². The van der Waals surface area contributed by atoms with Crippen molar-refractivity contribution in [3.8, 4) is 0 Å². The number of amides is 1. The molecule has 6 heteroatoms. The monoisotopic (exact) mass is 319 g/mol. The van der Waals surface area contributed by atoms with Gasteiger partial charge in [0.25, 0.3) is 5.91 Å². The first-order valence-electron chi connectivity index (χ1n) is 7.58. The summed E-state index contributed by atoms with van der Waals surface area (Å²) in [6, 6.07) is 6.79. The molecule has 124 valence electrons. The Morgan fingerprint density at radius 1 is 1.26 bits per heavy atom. The molecule has 2 rings (SSSR count). The lowest BCUT2D eigenvalue weighted by Gasteiger charge is -2.20. The zero-order chi connectivity index (χ0) is 17.1. The highest BCUT2D eigenvalue weighted by atomic mass is 19.1. The number of aromatic nitrogens is 2. The fourth-order valence-electron chi connectivity index (χ4n) is 2.29. The van der Waals surface area contributed by atoms with Crippen LogP contribution in [0.25, 0.3) is 0 Å². The molecule has 1 amide bonds. The quantitative estimate of drug-likeness (QED) is 0.890. The van der Waals surface area contributed by atoms with E-state index in [0.717, 1.165) is 5.69 Å². The molecule has 0 radical (unpaired) electrons. The number of aliphatic hydroxyl groups excluding tert-OH is 1. The molecule has 0 aliphatic heterocycles. The number of nitrogens with one attached hydrogen (secondary N) is 1. The minimum absolute atomic E-state index is 0.227. The van der Waals surface area contributed by atoms with Crippen LogP contribution >= 0.6 is 0 Å². The van der Waals surface area contributed by atoms with Crippen molar-refractivity contribution in [3.63, 3.8) is 0 Å². The highest BCUT2D eigenvalue weighted by molar-refractivity contribution is 5.92. The zero-order valence-corrected chi connectivity index (χ0v) is 13.7. The van der Waals surface area contributed by atoms with Crippen LogP contribution in [0.1, 0.15) is 54.5 Å². The van der Waals surface area contributed by atoms with E-state index < -0.39 is 12.1 Å². The Morgan fingerprint density at radius 2 is 1.87 bits per heavy atom. The Bertz CT molecular complexity index is 680. The summed E-state index contributed by atoms with van der Waals surface area (Å²) in [6.07, 6.45) is -0.919. The third kappa shape index (κ3) is 3.96. The first kappa shape index (κ1) is 17.1. The van der Waals surface area contributed by atoms with E-state index in [1.807, 2.05) is 13.8 Å². The number of benzene rings is 1. The highest BCUT2D eigenvalue weighted by Crippen LogP contribution is 2.18. The first-order chi connectivity index (χ1) is 10.8. The van der Waals surface area contributed by atoms with Crippen LogP contribution in [0.3, 0.4) is 0 Å². The van der Waals surface area contributed by atoms with Crippen LogP contribution in [0.15, 0.2) is 30.3 Å². The second kappa shape index (κ2) is 6.91. The number of carbonyl (C=O) groups excluding carboxylic acids is 1. The molecule has 0 fully saturated rings. The number of aryl methyl sites for hydroxylation is 1. The lowest BCUT2D eigenvalue weighted by molar-refractivity contribution is 0.0843. The number of carbonyl (C=O) groups is 1. The molecule has 0 saturated carbocycles. The molecular weight excluding hydrogens is 297 g/mol. The van der Waals surface area contributed by atoms with Crippen molar-refractivity contribution < 1.29 is 14.3 Å². The summed E-state index contributed by atoms with van der Waals surface area (Å²) in [6.45, 7) is 5.71. The van der Waals surface area contributed by atoms with Crippen LogP contribution < -0.4 is 5.32 Å². The van der Waals surface area contributed by atoms with Gasteiger partial charge in [-0.05, 0) is 36.6 Å². The summed E-state index contributed by atoms with van der Waals surface area (Å²) in [5.74, 6) is -0.445. The molecule has 1 heterocycles. The van der Waals surface area contributed by atoms with Gasteiger partial charge in [0.1, 0.15) is 11.5 Å². The number of nitrogens with zero attached hydrogens (tertiary/aromatic N) is 2. The van der Waals surface area contributed by atoms with Gasteiger partial charge in [0.2, 0.25) is 0 Å². The maximum atomic E-state index is 12.9. The van der Waals surface area contributed by atoms with E-state index in [-0.39, 0.29) is 17.6 Å². The molecule has 1 aromatic heterocycles.